The molecule has 0 fully saturated rings. The normalized spacial score (nSPS) is 11.3. The summed E-state index contributed by atoms with van der Waals surface area (Å²) in [5.74, 6) is -0.485. The number of hydrogen-bond acceptors (Lipinski definition) is 3. The minimum atomic E-state index is -0.495. The Kier molecular flexibility index (Phi) is 7.31. The molecule has 0 heterocycles. The number of hydrogen-bond donors (Lipinski definition) is 1. The molecule has 0 saturated carbocycles. The average Bonchev–Trinajstić information content (AvgIpc) is 2.77. The standard InChI is InChI=1S/C25H23FO3/c26-22-13-14-25(29-18-19-8-3-1-4-9-19)23(17-22)24(28)16-21(12-7-15-27)20-10-5-2-6-11-20/h1-6,8-11,13-14,16-17,27H,7,12,15,18H2/b21-16+. The van der Waals surface area contributed by atoms with Gasteiger partial charge < -0.3 is 9.84 Å². The van der Waals surface area contributed by atoms with Gasteiger partial charge >= 0.3 is 0 Å². The van der Waals surface area contributed by atoms with Crippen molar-refractivity contribution in [3.05, 3.63) is 107 Å². The van der Waals surface area contributed by atoms with E-state index in [2.05, 4.69) is 0 Å². The third kappa shape index (κ3) is 5.87. The Balaban J connectivity index is 1.88. The maximum absolute atomic E-state index is 13.9. The Bertz CT molecular complexity index is 966. The van der Waals surface area contributed by atoms with Gasteiger partial charge in [0.1, 0.15) is 18.2 Å². The van der Waals surface area contributed by atoms with E-state index in [1.54, 1.807) is 0 Å². The first-order chi connectivity index (χ1) is 14.2. The molecule has 148 valence electrons. The number of rotatable bonds is 9. The first-order valence-electron chi connectivity index (χ1n) is 9.55. The molecular formula is C25H23FO3. The summed E-state index contributed by atoms with van der Waals surface area (Å²) < 4.78 is 19.7. The van der Waals surface area contributed by atoms with Gasteiger partial charge in [0.25, 0.3) is 0 Å². The van der Waals surface area contributed by atoms with Crippen LogP contribution in [0.4, 0.5) is 4.39 Å². The summed E-state index contributed by atoms with van der Waals surface area (Å²) >= 11 is 0. The molecule has 0 radical (unpaired) electrons. The fraction of sp³-hybridized carbons (Fsp3) is 0.160. The SMILES string of the molecule is O=C(/C=C(\CCCO)c1ccccc1)c1cc(F)ccc1OCc1ccccc1. The maximum atomic E-state index is 13.9. The number of carbonyl (C=O) groups is 1. The number of halogens is 1. The van der Waals surface area contributed by atoms with Crippen molar-refractivity contribution in [2.45, 2.75) is 19.4 Å². The van der Waals surface area contributed by atoms with E-state index in [1.807, 2.05) is 60.7 Å². The van der Waals surface area contributed by atoms with Gasteiger partial charge in [0.2, 0.25) is 0 Å². The Morgan fingerprint density at radius 2 is 1.66 bits per heavy atom. The Morgan fingerprint density at radius 3 is 2.34 bits per heavy atom. The van der Waals surface area contributed by atoms with Crippen molar-refractivity contribution in [3.8, 4) is 5.75 Å². The predicted octanol–water partition coefficient (Wildman–Crippen LogP) is 5.44. The van der Waals surface area contributed by atoms with E-state index >= 15 is 0 Å². The van der Waals surface area contributed by atoms with E-state index in [1.165, 1.54) is 24.3 Å². The summed E-state index contributed by atoms with van der Waals surface area (Å²) in [5, 5.41) is 9.19. The average molecular weight is 390 g/mol. The van der Waals surface area contributed by atoms with Gasteiger partial charge in [-0.05, 0) is 53.8 Å². The molecule has 0 aliphatic heterocycles. The van der Waals surface area contributed by atoms with E-state index in [0.29, 0.717) is 18.6 Å². The Labute approximate surface area is 170 Å². The number of ketones is 1. The zero-order valence-corrected chi connectivity index (χ0v) is 16.1. The number of allylic oxidation sites excluding steroid dienone is 2. The molecule has 29 heavy (non-hydrogen) atoms. The molecule has 0 atom stereocenters. The van der Waals surface area contributed by atoms with Gasteiger partial charge in [-0.1, -0.05) is 60.7 Å². The fourth-order valence-electron chi connectivity index (χ4n) is 3.01. The highest BCUT2D eigenvalue weighted by molar-refractivity contribution is 6.10. The Hall–Kier alpha value is -3.24. The van der Waals surface area contributed by atoms with Crippen LogP contribution in [0.25, 0.3) is 5.57 Å². The van der Waals surface area contributed by atoms with Gasteiger partial charge in [0.05, 0.1) is 5.56 Å². The van der Waals surface area contributed by atoms with Gasteiger partial charge in [0, 0.05) is 6.61 Å². The lowest BCUT2D eigenvalue weighted by Gasteiger charge is -2.12. The monoisotopic (exact) mass is 390 g/mol. The quantitative estimate of drug-likeness (QED) is 0.391. The molecule has 0 saturated heterocycles. The van der Waals surface area contributed by atoms with Crippen LogP contribution in [0.15, 0.2) is 84.9 Å². The van der Waals surface area contributed by atoms with Gasteiger partial charge in [-0.2, -0.15) is 0 Å². The number of benzene rings is 3. The molecule has 0 aromatic heterocycles. The van der Waals surface area contributed by atoms with Crippen molar-refractivity contribution in [3.63, 3.8) is 0 Å². The third-order valence-electron chi connectivity index (χ3n) is 4.50. The lowest BCUT2D eigenvalue weighted by atomic mass is 9.98. The van der Waals surface area contributed by atoms with Gasteiger partial charge in [-0.25, -0.2) is 4.39 Å². The van der Waals surface area contributed by atoms with Gasteiger partial charge in [0.15, 0.2) is 5.78 Å². The largest absolute Gasteiger partial charge is 0.488 e. The van der Waals surface area contributed by atoms with E-state index in [4.69, 9.17) is 4.74 Å². The van der Waals surface area contributed by atoms with Crippen LogP contribution >= 0.6 is 0 Å². The van der Waals surface area contributed by atoms with E-state index in [9.17, 15) is 14.3 Å². The van der Waals surface area contributed by atoms with Crippen molar-refractivity contribution in [2.24, 2.45) is 0 Å². The van der Waals surface area contributed by atoms with Crippen LogP contribution in [0.3, 0.4) is 0 Å². The lowest BCUT2D eigenvalue weighted by Crippen LogP contribution is -2.04. The summed E-state index contributed by atoms with van der Waals surface area (Å²) in [6.45, 7) is 0.316. The molecule has 3 rings (SSSR count). The lowest BCUT2D eigenvalue weighted by molar-refractivity contribution is 0.104. The molecule has 0 aliphatic carbocycles. The van der Waals surface area contributed by atoms with Crippen molar-refractivity contribution < 1.29 is 19.0 Å². The summed E-state index contributed by atoms with van der Waals surface area (Å²) in [5.41, 5.74) is 2.83. The third-order valence-corrected chi connectivity index (χ3v) is 4.50. The minimum absolute atomic E-state index is 0.0315. The fourth-order valence-corrected chi connectivity index (χ4v) is 3.01. The second-order valence-electron chi connectivity index (χ2n) is 6.64. The summed E-state index contributed by atoms with van der Waals surface area (Å²) in [6, 6.07) is 23.1. The summed E-state index contributed by atoms with van der Waals surface area (Å²) in [6.07, 6.45) is 2.59. The molecular weight excluding hydrogens is 367 g/mol. The van der Waals surface area contributed by atoms with Crippen molar-refractivity contribution in [1.29, 1.82) is 0 Å². The molecule has 0 bridgehead atoms. The number of carbonyl (C=O) groups excluding carboxylic acids is 1. The van der Waals surface area contributed by atoms with E-state index < -0.39 is 5.82 Å². The van der Waals surface area contributed by atoms with Crippen LogP contribution in [0.2, 0.25) is 0 Å². The second kappa shape index (κ2) is 10.3. The number of ether oxygens (including phenoxy) is 1. The minimum Gasteiger partial charge on any atom is -0.488 e. The first kappa shape index (κ1) is 20.5. The van der Waals surface area contributed by atoms with Crippen LogP contribution in [-0.4, -0.2) is 17.5 Å². The summed E-state index contributed by atoms with van der Waals surface area (Å²) in [7, 11) is 0. The highest BCUT2D eigenvalue weighted by Gasteiger charge is 2.14. The van der Waals surface area contributed by atoms with E-state index in [0.717, 1.165) is 16.7 Å². The smallest absolute Gasteiger partial charge is 0.189 e. The molecule has 0 unspecified atom stereocenters. The first-order valence-corrected chi connectivity index (χ1v) is 9.55. The molecule has 3 aromatic carbocycles. The van der Waals surface area contributed by atoms with Crippen LogP contribution in [-0.2, 0) is 6.61 Å². The van der Waals surface area contributed by atoms with Crippen LogP contribution < -0.4 is 4.74 Å². The zero-order valence-electron chi connectivity index (χ0n) is 16.1. The van der Waals surface area contributed by atoms with Crippen molar-refractivity contribution >= 4 is 11.4 Å². The number of aliphatic hydroxyl groups excluding tert-OH is 1. The predicted molar refractivity (Wildman–Crippen MR) is 112 cm³/mol. The van der Waals surface area contributed by atoms with Gasteiger partial charge in [-0.3, -0.25) is 4.79 Å². The topological polar surface area (TPSA) is 46.5 Å². The number of aliphatic hydroxyl groups is 1. The molecule has 4 heteroatoms. The molecule has 0 spiro atoms. The van der Waals surface area contributed by atoms with Crippen LogP contribution in [0.5, 0.6) is 5.75 Å². The second-order valence-corrected chi connectivity index (χ2v) is 6.64. The highest BCUT2D eigenvalue weighted by atomic mass is 19.1. The molecule has 3 aromatic rings. The van der Waals surface area contributed by atoms with Crippen LogP contribution in [0.1, 0.15) is 34.3 Å². The maximum Gasteiger partial charge on any atom is 0.189 e. The van der Waals surface area contributed by atoms with Gasteiger partial charge in [-0.15, -0.1) is 0 Å². The molecule has 3 nitrogen and oxygen atoms in total. The van der Waals surface area contributed by atoms with Crippen molar-refractivity contribution in [1.82, 2.24) is 0 Å². The van der Waals surface area contributed by atoms with Crippen molar-refractivity contribution in [2.75, 3.05) is 6.61 Å². The van der Waals surface area contributed by atoms with E-state index in [-0.39, 0.29) is 24.6 Å². The highest BCUT2D eigenvalue weighted by Crippen LogP contribution is 2.25. The molecule has 0 aliphatic rings. The van der Waals surface area contributed by atoms with Crippen LogP contribution in [0, 0.1) is 5.82 Å². The summed E-state index contributed by atoms with van der Waals surface area (Å²) in [4.78, 5) is 13.0. The Morgan fingerprint density at radius 1 is 0.966 bits per heavy atom. The molecule has 1 N–H and O–H groups in total. The molecule has 0 amide bonds. The zero-order chi connectivity index (χ0) is 20.5.